The van der Waals surface area contributed by atoms with Crippen LogP contribution in [-0.2, 0) is 12.0 Å². The summed E-state index contributed by atoms with van der Waals surface area (Å²) < 4.78 is 0. The summed E-state index contributed by atoms with van der Waals surface area (Å²) in [5.41, 5.74) is 1.17. The molecule has 1 unspecified atom stereocenters. The zero-order valence-corrected chi connectivity index (χ0v) is 16.1. The number of aliphatic imine (C=N–C) groups is 1. The van der Waals surface area contributed by atoms with E-state index in [9.17, 15) is 0 Å². The predicted octanol–water partition coefficient (Wildman–Crippen LogP) is 3.97. The van der Waals surface area contributed by atoms with Crippen LogP contribution in [0.4, 0.5) is 0 Å². The van der Waals surface area contributed by atoms with E-state index in [0.29, 0.717) is 12.5 Å². The van der Waals surface area contributed by atoms with Crippen LogP contribution in [0.2, 0.25) is 0 Å². The smallest absolute Gasteiger partial charge is 0.191 e. The van der Waals surface area contributed by atoms with Gasteiger partial charge in [-0.05, 0) is 11.4 Å². The van der Waals surface area contributed by atoms with E-state index in [1.165, 1.54) is 9.88 Å². The molecule has 126 valence electrons. The molecular formula is C17H26N4S2. The molecule has 6 heteroatoms. The molecule has 2 rings (SSSR count). The Bertz CT molecular complexity index is 623. The first-order chi connectivity index (χ1) is 10.9. The number of guanidine groups is 1. The number of hydrogen-bond donors (Lipinski definition) is 2. The van der Waals surface area contributed by atoms with Crippen molar-refractivity contribution in [2.24, 2.45) is 4.99 Å². The van der Waals surface area contributed by atoms with Gasteiger partial charge in [0, 0.05) is 35.2 Å². The van der Waals surface area contributed by atoms with Gasteiger partial charge in [0.05, 0.1) is 17.2 Å². The third kappa shape index (κ3) is 5.32. The molecule has 0 saturated carbocycles. The second-order valence-corrected chi connectivity index (χ2v) is 8.45. The van der Waals surface area contributed by atoms with Crippen LogP contribution in [0, 0.1) is 0 Å². The third-order valence-corrected chi connectivity index (χ3v) is 5.88. The minimum Gasteiger partial charge on any atom is -0.356 e. The van der Waals surface area contributed by atoms with Crippen LogP contribution < -0.4 is 10.6 Å². The molecule has 0 fully saturated rings. The molecule has 0 aliphatic rings. The third-order valence-electron chi connectivity index (χ3n) is 3.46. The highest BCUT2D eigenvalue weighted by molar-refractivity contribution is 7.10. The number of thiazole rings is 1. The minimum absolute atomic E-state index is 0.110. The summed E-state index contributed by atoms with van der Waals surface area (Å²) in [5, 5.41) is 12.1. The van der Waals surface area contributed by atoms with Crippen molar-refractivity contribution in [1.82, 2.24) is 15.6 Å². The molecule has 0 amide bonds. The molecular weight excluding hydrogens is 324 g/mol. The van der Waals surface area contributed by atoms with Gasteiger partial charge in [0.1, 0.15) is 0 Å². The van der Waals surface area contributed by atoms with Gasteiger partial charge < -0.3 is 10.6 Å². The van der Waals surface area contributed by atoms with Gasteiger partial charge in [-0.2, -0.15) is 0 Å². The molecule has 2 aromatic heterocycles. The molecule has 0 saturated heterocycles. The minimum atomic E-state index is 0.110. The van der Waals surface area contributed by atoms with Crippen molar-refractivity contribution in [3.63, 3.8) is 0 Å². The molecule has 2 heterocycles. The Balaban J connectivity index is 1.82. The normalized spacial score (nSPS) is 13.9. The highest BCUT2D eigenvalue weighted by Crippen LogP contribution is 2.25. The average molecular weight is 351 g/mol. The SMILES string of the molecule is CN=C(NCc1csc(C(C)(C)C)n1)NCC(C)c1cccs1. The summed E-state index contributed by atoms with van der Waals surface area (Å²) in [6, 6.07) is 4.27. The van der Waals surface area contributed by atoms with Gasteiger partial charge in [-0.3, -0.25) is 4.99 Å². The van der Waals surface area contributed by atoms with E-state index in [4.69, 9.17) is 4.98 Å². The lowest BCUT2D eigenvalue weighted by Gasteiger charge is -2.15. The monoisotopic (exact) mass is 350 g/mol. The average Bonchev–Trinajstić information content (AvgIpc) is 3.18. The van der Waals surface area contributed by atoms with Crippen LogP contribution in [0.15, 0.2) is 27.9 Å². The topological polar surface area (TPSA) is 49.3 Å². The number of rotatable bonds is 5. The van der Waals surface area contributed by atoms with Crippen LogP contribution in [0.3, 0.4) is 0 Å². The highest BCUT2D eigenvalue weighted by atomic mass is 32.1. The van der Waals surface area contributed by atoms with E-state index >= 15 is 0 Å². The number of thiophene rings is 1. The van der Waals surface area contributed by atoms with Gasteiger partial charge in [-0.15, -0.1) is 22.7 Å². The maximum absolute atomic E-state index is 4.70. The lowest BCUT2D eigenvalue weighted by Crippen LogP contribution is -2.38. The molecule has 0 radical (unpaired) electrons. The first-order valence-electron chi connectivity index (χ1n) is 7.83. The van der Waals surface area contributed by atoms with Crippen molar-refractivity contribution in [3.05, 3.63) is 38.5 Å². The molecule has 2 N–H and O–H groups in total. The van der Waals surface area contributed by atoms with E-state index < -0.39 is 0 Å². The zero-order chi connectivity index (χ0) is 16.9. The van der Waals surface area contributed by atoms with E-state index in [1.54, 1.807) is 29.7 Å². The Morgan fingerprint density at radius 2 is 2.09 bits per heavy atom. The number of aromatic nitrogens is 1. The summed E-state index contributed by atoms with van der Waals surface area (Å²) in [7, 11) is 1.80. The first-order valence-corrected chi connectivity index (χ1v) is 9.59. The van der Waals surface area contributed by atoms with Crippen molar-refractivity contribution < 1.29 is 0 Å². The van der Waals surface area contributed by atoms with Crippen LogP contribution in [0.25, 0.3) is 0 Å². The van der Waals surface area contributed by atoms with Crippen molar-refractivity contribution >= 4 is 28.6 Å². The number of nitrogens with one attached hydrogen (secondary N) is 2. The number of nitrogens with zero attached hydrogens (tertiary/aromatic N) is 2. The van der Waals surface area contributed by atoms with Crippen molar-refractivity contribution in [2.45, 2.75) is 45.6 Å². The molecule has 0 spiro atoms. The highest BCUT2D eigenvalue weighted by Gasteiger charge is 2.18. The van der Waals surface area contributed by atoms with Crippen LogP contribution in [-0.4, -0.2) is 24.5 Å². The Morgan fingerprint density at radius 3 is 2.65 bits per heavy atom. The van der Waals surface area contributed by atoms with Crippen molar-refractivity contribution in [1.29, 1.82) is 0 Å². The maximum atomic E-state index is 4.70. The van der Waals surface area contributed by atoms with Crippen LogP contribution >= 0.6 is 22.7 Å². The Hall–Kier alpha value is -1.40. The van der Waals surface area contributed by atoms with Crippen LogP contribution in [0.1, 0.15) is 49.2 Å². The van der Waals surface area contributed by atoms with Gasteiger partial charge in [0.2, 0.25) is 0 Å². The second kappa shape index (κ2) is 7.93. The molecule has 2 aromatic rings. The molecule has 1 atom stereocenters. The summed E-state index contributed by atoms with van der Waals surface area (Å²) in [6.45, 7) is 10.4. The molecule has 0 bridgehead atoms. The molecule has 0 aliphatic carbocycles. The van der Waals surface area contributed by atoms with Crippen molar-refractivity contribution in [3.8, 4) is 0 Å². The Kier molecular flexibility index (Phi) is 6.18. The Labute approximate surface area is 147 Å². The van der Waals surface area contributed by atoms with Gasteiger partial charge in [-0.25, -0.2) is 4.98 Å². The standard InChI is InChI=1S/C17H26N4S2/c1-12(14-7-6-8-22-14)9-19-16(18-5)20-10-13-11-23-15(21-13)17(2,3)4/h6-8,11-12H,9-10H2,1-5H3,(H2,18,19,20). The largest absolute Gasteiger partial charge is 0.356 e. The van der Waals surface area contributed by atoms with Crippen LogP contribution in [0.5, 0.6) is 0 Å². The van der Waals surface area contributed by atoms with Gasteiger partial charge in [0.25, 0.3) is 0 Å². The Morgan fingerprint density at radius 1 is 1.30 bits per heavy atom. The fourth-order valence-electron chi connectivity index (χ4n) is 2.05. The zero-order valence-electron chi connectivity index (χ0n) is 14.5. The van der Waals surface area contributed by atoms with Crippen molar-refractivity contribution in [2.75, 3.05) is 13.6 Å². The molecule has 0 aliphatic heterocycles. The molecule has 23 heavy (non-hydrogen) atoms. The summed E-state index contributed by atoms with van der Waals surface area (Å²) in [6.07, 6.45) is 0. The quantitative estimate of drug-likeness (QED) is 0.634. The fourth-order valence-corrected chi connectivity index (χ4v) is 3.74. The lowest BCUT2D eigenvalue weighted by molar-refractivity contribution is 0.582. The predicted molar refractivity (Wildman–Crippen MR) is 102 cm³/mol. The van der Waals surface area contributed by atoms with Gasteiger partial charge in [0.15, 0.2) is 5.96 Å². The van der Waals surface area contributed by atoms with E-state index in [1.807, 2.05) is 0 Å². The second-order valence-electron chi connectivity index (χ2n) is 6.62. The summed E-state index contributed by atoms with van der Waals surface area (Å²) in [4.78, 5) is 10.4. The molecule has 4 nitrogen and oxygen atoms in total. The molecule has 0 aromatic carbocycles. The van der Waals surface area contributed by atoms with E-state index in [-0.39, 0.29) is 5.41 Å². The lowest BCUT2D eigenvalue weighted by atomic mass is 9.98. The summed E-state index contributed by atoms with van der Waals surface area (Å²) in [5.74, 6) is 1.29. The van der Waals surface area contributed by atoms with E-state index in [2.05, 4.69) is 66.2 Å². The fraction of sp³-hybridized carbons (Fsp3) is 0.529. The number of hydrogen-bond acceptors (Lipinski definition) is 4. The maximum Gasteiger partial charge on any atom is 0.191 e. The summed E-state index contributed by atoms with van der Waals surface area (Å²) >= 11 is 3.52. The van der Waals surface area contributed by atoms with Gasteiger partial charge in [-0.1, -0.05) is 33.8 Å². The van der Waals surface area contributed by atoms with E-state index in [0.717, 1.165) is 18.2 Å². The first kappa shape index (κ1) is 17.9. The van der Waals surface area contributed by atoms with Gasteiger partial charge >= 0.3 is 0 Å².